The van der Waals surface area contributed by atoms with Crippen molar-refractivity contribution in [3.63, 3.8) is 0 Å². The zero-order valence-corrected chi connectivity index (χ0v) is 12.0. The van der Waals surface area contributed by atoms with Crippen LogP contribution in [0.4, 0.5) is 0 Å². The summed E-state index contributed by atoms with van der Waals surface area (Å²) in [4.78, 5) is 16.6. The molecule has 1 unspecified atom stereocenters. The first-order valence-electron chi connectivity index (χ1n) is 5.63. The fourth-order valence-electron chi connectivity index (χ4n) is 1.17. The average Bonchev–Trinajstić information content (AvgIpc) is 2.81. The van der Waals surface area contributed by atoms with Crippen LogP contribution in [-0.4, -0.2) is 29.8 Å². The van der Waals surface area contributed by atoms with Crippen LogP contribution in [0.3, 0.4) is 0 Å². The Labute approximate surface area is 115 Å². The molecule has 5 nitrogen and oxygen atoms in total. The third kappa shape index (κ3) is 3.20. The normalized spacial score (nSPS) is 12.9. The van der Waals surface area contributed by atoms with E-state index in [9.17, 15) is 0 Å². The highest BCUT2D eigenvalue weighted by Gasteiger charge is 2.13. The van der Waals surface area contributed by atoms with Crippen molar-refractivity contribution in [1.29, 1.82) is 0 Å². The molecule has 2 aromatic rings. The maximum atomic E-state index is 5.92. The van der Waals surface area contributed by atoms with E-state index >= 15 is 0 Å². The van der Waals surface area contributed by atoms with E-state index in [1.54, 1.807) is 35.0 Å². The van der Waals surface area contributed by atoms with E-state index in [2.05, 4.69) is 40.7 Å². The van der Waals surface area contributed by atoms with Crippen molar-refractivity contribution < 1.29 is 0 Å². The summed E-state index contributed by atoms with van der Waals surface area (Å²) < 4.78 is 1.71. The lowest BCUT2D eigenvalue weighted by Crippen LogP contribution is -2.08. The molecule has 0 aliphatic rings. The summed E-state index contributed by atoms with van der Waals surface area (Å²) in [6.07, 6.45) is 5.07. The molecule has 96 valence electrons. The molecule has 2 aromatic heterocycles. The molecule has 0 saturated heterocycles. The molecule has 0 radical (unpaired) electrons. The van der Waals surface area contributed by atoms with Gasteiger partial charge in [0.05, 0.1) is 0 Å². The fourth-order valence-corrected chi connectivity index (χ4v) is 2.25. The smallest absolute Gasteiger partial charge is 0.240 e. The lowest BCUT2D eigenvalue weighted by Gasteiger charge is -2.13. The predicted octanol–water partition coefficient (Wildman–Crippen LogP) is 2.85. The number of hydrogen-bond acceptors (Lipinski definition) is 5. The van der Waals surface area contributed by atoms with Crippen molar-refractivity contribution >= 4 is 23.4 Å². The summed E-state index contributed by atoms with van der Waals surface area (Å²) >= 11 is 7.52. The van der Waals surface area contributed by atoms with Crippen LogP contribution in [0.25, 0.3) is 5.95 Å². The van der Waals surface area contributed by atoms with Gasteiger partial charge in [-0.05, 0) is 17.5 Å². The largest absolute Gasteiger partial charge is 0.274 e. The fraction of sp³-hybridized carbons (Fsp3) is 0.455. The molecular weight excluding hydrogens is 270 g/mol. The van der Waals surface area contributed by atoms with Crippen molar-refractivity contribution in [3.8, 4) is 5.95 Å². The maximum absolute atomic E-state index is 5.92. The van der Waals surface area contributed by atoms with Crippen LogP contribution in [0.15, 0.2) is 23.9 Å². The van der Waals surface area contributed by atoms with Crippen molar-refractivity contribution in [3.05, 3.63) is 24.0 Å². The van der Waals surface area contributed by atoms with Gasteiger partial charge >= 0.3 is 0 Å². The van der Waals surface area contributed by atoms with E-state index in [4.69, 9.17) is 11.6 Å². The minimum atomic E-state index is 0.201. The lowest BCUT2D eigenvalue weighted by molar-refractivity contribution is 0.639. The van der Waals surface area contributed by atoms with Crippen molar-refractivity contribution in [2.45, 2.75) is 31.2 Å². The Morgan fingerprint density at radius 3 is 2.61 bits per heavy atom. The average molecular weight is 284 g/mol. The molecule has 0 aliphatic heterocycles. The third-order valence-corrected chi connectivity index (χ3v) is 4.02. The Bertz CT molecular complexity index is 514. The molecule has 2 rings (SSSR count). The molecule has 0 amide bonds. The zero-order valence-electron chi connectivity index (χ0n) is 10.4. The lowest BCUT2D eigenvalue weighted by atomic mass is 10.2. The molecule has 2 heterocycles. The number of imidazole rings is 1. The molecule has 0 saturated carbocycles. The van der Waals surface area contributed by atoms with Gasteiger partial charge in [0.25, 0.3) is 0 Å². The van der Waals surface area contributed by atoms with Crippen LogP contribution < -0.4 is 0 Å². The molecule has 0 bridgehead atoms. The van der Waals surface area contributed by atoms with Gasteiger partial charge in [-0.25, -0.2) is 4.98 Å². The summed E-state index contributed by atoms with van der Waals surface area (Å²) in [6, 6.07) is 0. The second-order valence-corrected chi connectivity index (χ2v) is 5.91. The predicted molar refractivity (Wildman–Crippen MR) is 72.1 cm³/mol. The standard InChI is InChI=1S/C11H14ClN5S/c1-7(2)8(3)18-11-15-9(12)14-10(16-11)17-5-4-13-6-17/h4-8H,1-3H3. The van der Waals surface area contributed by atoms with Gasteiger partial charge in [0.2, 0.25) is 11.2 Å². The van der Waals surface area contributed by atoms with Gasteiger partial charge in [-0.2, -0.15) is 15.0 Å². The van der Waals surface area contributed by atoms with Crippen molar-refractivity contribution in [2.75, 3.05) is 0 Å². The highest BCUT2D eigenvalue weighted by Crippen LogP contribution is 2.25. The molecule has 0 fully saturated rings. The quantitative estimate of drug-likeness (QED) is 0.808. The second-order valence-electron chi connectivity index (χ2n) is 4.22. The molecule has 0 spiro atoms. The Kier molecular flexibility index (Phi) is 4.19. The van der Waals surface area contributed by atoms with Crippen LogP contribution in [0.2, 0.25) is 5.28 Å². The second kappa shape index (κ2) is 5.67. The van der Waals surface area contributed by atoms with Gasteiger partial charge in [0.1, 0.15) is 6.33 Å². The Hall–Kier alpha value is -1.14. The Morgan fingerprint density at radius 1 is 1.22 bits per heavy atom. The summed E-state index contributed by atoms with van der Waals surface area (Å²) in [5, 5.41) is 1.26. The number of halogens is 1. The molecular formula is C11H14ClN5S. The van der Waals surface area contributed by atoms with Crippen LogP contribution in [0, 0.1) is 5.92 Å². The van der Waals surface area contributed by atoms with E-state index in [1.165, 1.54) is 0 Å². The van der Waals surface area contributed by atoms with Crippen molar-refractivity contribution in [1.82, 2.24) is 24.5 Å². The highest BCUT2D eigenvalue weighted by molar-refractivity contribution is 7.99. The van der Waals surface area contributed by atoms with Crippen LogP contribution >= 0.6 is 23.4 Å². The van der Waals surface area contributed by atoms with E-state index < -0.39 is 0 Å². The Morgan fingerprint density at radius 2 is 2.00 bits per heavy atom. The number of aromatic nitrogens is 5. The zero-order chi connectivity index (χ0) is 13.1. The highest BCUT2D eigenvalue weighted by atomic mass is 35.5. The van der Waals surface area contributed by atoms with E-state index in [1.807, 2.05) is 0 Å². The monoisotopic (exact) mass is 283 g/mol. The summed E-state index contributed by atoms with van der Waals surface area (Å²) in [6.45, 7) is 6.47. The van der Waals surface area contributed by atoms with E-state index in [0.717, 1.165) is 0 Å². The van der Waals surface area contributed by atoms with Gasteiger partial charge in [-0.15, -0.1) is 0 Å². The van der Waals surface area contributed by atoms with E-state index in [-0.39, 0.29) is 5.28 Å². The minimum Gasteiger partial charge on any atom is -0.274 e. The molecule has 0 aromatic carbocycles. The number of hydrogen-bond donors (Lipinski definition) is 0. The van der Waals surface area contributed by atoms with Crippen LogP contribution in [-0.2, 0) is 0 Å². The van der Waals surface area contributed by atoms with Crippen LogP contribution in [0.1, 0.15) is 20.8 Å². The first-order chi connectivity index (χ1) is 8.56. The van der Waals surface area contributed by atoms with E-state index in [0.29, 0.717) is 22.3 Å². The molecule has 7 heteroatoms. The van der Waals surface area contributed by atoms with Gasteiger partial charge in [-0.3, -0.25) is 4.57 Å². The third-order valence-electron chi connectivity index (χ3n) is 2.54. The van der Waals surface area contributed by atoms with Gasteiger partial charge in [-0.1, -0.05) is 32.5 Å². The molecule has 18 heavy (non-hydrogen) atoms. The van der Waals surface area contributed by atoms with Gasteiger partial charge in [0.15, 0.2) is 5.16 Å². The topological polar surface area (TPSA) is 56.5 Å². The maximum Gasteiger partial charge on any atom is 0.240 e. The van der Waals surface area contributed by atoms with Gasteiger partial charge < -0.3 is 0 Å². The first-order valence-corrected chi connectivity index (χ1v) is 6.88. The SMILES string of the molecule is CC(C)C(C)Sc1nc(Cl)nc(-n2ccnc2)n1. The number of rotatable bonds is 4. The number of thioether (sulfide) groups is 1. The minimum absolute atomic E-state index is 0.201. The number of nitrogens with zero attached hydrogens (tertiary/aromatic N) is 5. The summed E-state index contributed by atoms with van der Waals surface area (Å²) in [7, 11) is 0. The first kappa shape index (κ1) is 13.3. The molecule has 1 atom stereocenters. The summed E-state index contributed by atoms with van der Waals surface area (Å²) in [5.74, 6) is 1.04. The summed E-state index contributed by atoms with van der Waals surface area (Å²) in [5.41, 5.74) is 0. The van der Waals surface area contributed by atoms with Crippen molar-refractivity contribution in [2.24, 2.45) is 5.92 Å². The molecule has 0 aliphatic carbocycles. The van der Waals surface area contributed by atoms with Gasteiger partial charge in [0, 0.05) is 17.6 Å². The van der Waals surface area contributed by atoms with Crippen LogP contribution in [0.5, 0.6) is 0 Å². The Balaban J connectivity index is 2.27. The molecule has 0 N–H and O–H groups in total.